The zero-order valence-corrected chi connectivity index (χ0v) is 13.5. The molecular formula is C15H25N5O. The van der Waals surface area contributed by atoms with Crippen LogP contribution in [0.15, 0.2) is 12.4 Å². The second-order valence-electron chi connectivity index (χ2n) is 6.07. The van der Waals surface area contributed by atoms with Crippen molar-refractivity contribution >= 4 is 11.6 Å². The smallest absolute Gasteiger partial charge is 0.254 e. The first kappa shape index (κ1) is 15.7. The Kier molecular flexibility index (Phi) is 5.12. The maximum Gasteiger partial charge on any atom is 0.254 e. The monoisotopic (exact) mass is 291 g/mol. The van der Waals surface area contributed by atoms with E-state index in [0.29, 0.717) is 30.1 Å². The number of hydrogen-bond donors (Lipinski definition) is 1. The lowest BCUT2D eigenvalue weighted by Gasteiger charge is -2.25. The van der Waals surface area contributed by atoms with Gasteiger partial charge in [-0.15, -0.1) is 0 Å². The second-order valence-corrected chi connectivity index (χ2v) is 6.07. The molecule has 2 aromatic rings. The number of aromatic nitrogens is 4. The van der Waals surface area contributed by atoms with Gasteiger partial charge in [-0.3, -0.25) is 0 Å². The first-order valence-electron chi connectivity index (χ1n) is 7.45. The molecule has 0 aliphatic heterocycles. The second kappa shape index (κ2) is 6.85. The highest BCUT2D eigenvalue weighted by atomic mass is 16.5. The molecular weight excluding hydrogens is 266 g/mol. The summed E-state index contributed by atoms with van der Waals surface area (Å²) < 4.78 is 6.90. The van der Waals surface area contributed by atoms with E-state index in [0.717, 1.165) is 18.1 Å². The third-order valence-corrected chi connectivity index (χ3v) is 3.83. The van der Waals surface area contributed by atoms with Gasteiger partial charge in [0.05, 0.1) is 12.3 Å². The molecule has 0 saturated heterocycles. The Morgan fingerprint density at radius 3 is 2.57 bits per heavy atom. The van der Waals surface area contributed by atoms with Crippen LogP contribution >= 0.6 is 0 Å². The maximum absolute atomic E-state index is 5.16. The van der Waals surface area contributed by atoms with Gasteiger partial charge in [0.1, 0.15) is 12.1 Å². The van der Waals surface area contributed by atoms with Crippen molar-refractivity contribution in [2.45, 2.75) is 34.3 Å². The van der Waals surface area contributed by atoms with Crippen LogP contribution in [0.1, 0.15) is 33.4 Å². The van der Waals surface area contributed by atoms with Gasteiger partial charge in [-0.25, -0.2) is 4.98 Å². The average Bonchev–Trinajstić information content (AvgIpc) is 2.86. The molecule has 0 unspecified atom stereocenters. The zero-order chi connectivity index (χ0) is 15.4. The highest BCUT2D eigenvalue weighted by molar-refractivity contribution is 5.44. The number of nitrogens with zero attached hydrogens (tertiary/aromatic N) is 4. The number of nitrogens with one attached hydrogen (secondary N) is 1. The van der Waals surface area contributed by atoms with Crippen LogP contribution in [0.3, 0.4) is 0 Å². The van der Waals surface area contributed by atoms with Gasteiger partial charge in [0.15, 0.2) is 0 Å². The Hall–Kier alpha value is -1.69. The molecule has 6 heteroatoms. The molecule has 6 nitrogen and oxygen atoms in total. The quantitative estimate of drug-likeness (QED) is 0.849. The molecule has 2 heterocycles. The molecule has 0 aliphatic carbocycles. The lowest BCUT2D eigenvalue weighted by atomic mass is 9.85. The van der Waals surface area contributed by atoms with E-state index in [9.17, 15) is 0 Å². The number of rotatable bonds is 7. The van der Waals surface area contributed by atoms with Gasteiger partial charge in [0, 0.05) is 19.7 Å². The molecule has 2 rings (SSSR count). The van der Waals surface area contributed by atoms with Crippen LogP contribution in [-0.4, -0.2) is 33.2 Å². The summed E-state index contributed by atoms with van der Waals surface area (Å²) >= 11 is 0. The van der Waals surface area contributed by atoms with Crippen molar-refractivity contribution in [2.24, 2.45) is 17.8 Å². The topological polar surface area (TPSA) is 64.3 Å². The van der Waals surface area contributed by atoms with Crippen molar-refractivity contribution in [3.05, 3.63) is 18.1 Å². The molecule has 0 fully saturated rings. The van der Waals surface area contributed by atoms with E-state index < -0.39 is 0 Å². The van der Waals surface area contributed by atoms with E-state index in [1.807, 2.05) is 6.07 Å². The predicted molar refractivity (Wildman–Crippen MR) is 83.2 cm³/mol. The predicted octanol–water partition coefficient (Wildman–Crippen LogP) is 2.61. The normalized spacial score (nSPS) is 12.0. The molecule has 0 radical (unpaired) electrons. The Morgan fingerprint density at radius 1 is 1.24 bits per heavy atom. The highest BCUT2D eigenvalue weighted by Crippen LogP contribution is 2.21. The molecule has 0 amide bonds. The fraction of sp³-hybridized carbons (Fsp3) is 0.667. The number of methoxy groups -OCH3 is 1. The summed E-state index contributed by atoms with van der Waals surface area (Å²) in [5.74, 6) is 3.36. The molecule has 2 aromatic heterocycles. The van der Waals surface area contributed by atoms with E-state index in [1.165, 1.54) is 6.33 Å². The number of hydrogen-bond acceptors (Lipinski definition) is 5. The van der Waals surface area contributed by atoms with E-state index in [-0.39, 0.29) is 0 Å². The van der Waals surface area contributed by atoms with Gasteiger partial charge in [-0.2, -0.15) is 14.6 Å². The Balaban J connectivity index is 2.22. The molecule has 0 bridgehead atoms. The van der Waals surface area contributed by atoms with Gasteiger partial charge in [0.2, 0.25) is 0 Å². The lowest BCUT2D eigenvalue weighted by Crippen LogP contribution is -2.25. The fourth-order valence-corrected chi connectivity index (χ4v) is 2.67. The summed E-state index contributed by atoms with van der Waals surface area (Å²) in [7, 11) is 1.66. The van der Waals surface area contributed by atoms with Crippen molar-refractivity contribution in [1.82, 2.24) is 19.6 Å². The van der Waals surface area contributed by atoms with Crippen molar-refractivity contribution in [3.63, 3.8) is 0 Å². The SMILES string of the molecule is COCc1cc(NCC(C(C)C)C(C)C)n2ncnc2n1. The Bertz CT molecular complexity index is 570. The van der Waals surface area contributed by atoms with Crippen molar-refractivity contribution < 1.29 is 4.74 Å². The Morgan fingerprint density at radius 2 is 1.95 bits per heavy atom. The van der Waals surface area contributed by atoms with Gasteiger partial charge >= 0.3 is 0 Å². The first-order chi connectivity index (χ1) is 10.0. The van der Waals surface area contributed by atoms with Gasteiger partial charge in [-0.05, 0) is 17.8 Å². The van der Waals surface area contributed by atoms with E-state index in [2.05, 4.69) is 48.1 Å². The molecule has 0 saturated carbocycles. The average molecular weight is 291 g/mol. The third-order valence-electron chi connectivity index (χ3n) is 3.83. The van der Waals surface area contributed by atoms with Crippen LogP contribution in [0.4, 0.5) is 5.82 Å². The van der Waals surface area contributed by atoms with E-state index in [1.54, 1.807) is 11.6 Å². The van der Waals surface area contributed by atoms with Crippen LogP contribution in [-0.2, 0) is 11.3 Å². The lowest BCUT2D eigenvalue weighted by molar-refractivity contribution is 0.181. The minimum atomic E-state index is 0.468. The van der Waals surface area contributed by atoms with Crippen LogP contribution in [0.25, 0.3) is 5.78 Å². The van der Waals surface area contributed by atoms with Crippen molar-refractivity contribution in [2.75, 3.05) is 19.0 Å². The summed E-state index contributed by atoms with van der Waals surface area (Å²) in [5.41, 5.74) is 0.853. The first-order valence-corrected chi connectivity index (χ1v) is 7.45. The summed E-state index contributed by atoms with van der Waals surface area (Å²) in [6, 6.07) is 1.98. The molecule has 0 aliphatic rings. The molecule has 0 aromatic carbocycles. The van der Waals surface area contributed by atoms with E-state index >= 15 is 0 Å². The summed E-state index contributed by atoms with van der Waals surface area (Å²) in [5, 5.41) is 7.73. The molecule has 21 heavy (non-hydrogen) atoms. The summed E-state index contributed by atoms with van der Waals surface area (Å²) in [6.45, 7) is 10.4. The van der Waals surface area contributed by atoms with E-state index in [4.69, 9.17) is 4.74 Å². The van der Waals surface area contributed by atoms with Gasteiger partial charge < -0.3 is 10.1 Å². The zero-order valence-electron chi connectivity index (χ0n) is 13.5. The maximum atomic E-state index is 5.16. The Labute approximate surface area is 125 Å². The number of fused-ring (bicyclic) bond motifs is 1. The summed E-state index contributed by atoms with van der Waals surface area (Å²) in [4.78, 5) is 8.57. The third kappa shape index (κ3) is 3.69. The number of ether oxygens (including phenoxy) is 1. The highest BCUT2D eigenvalue weighted by Gasteiger charge is 2.18. The molecule has 0 atom stereocenters. The van der Waals surface area contributed by atoms with Crippen LogP contribution in [0, 0.1) is 17.8 Å². The van der Waals surface area contributed by atoms with Crippen molar-refractivity contribution in [1.29, 1.82) is 0 Å². The molecule has 0 spiro atoms. The van der Waals surface area contributed by atoms with Gasteiger partial charge in [-0.1, -0.05) is 27.7 Å². The summed E-state index contributed by atoms with van der Waals surface area (Å²) in [6.07, 6.45) is 1.52. The minimum absolute atomic E-state index is 0.468. The fourth-order valence-electron chi connectivity index (χ4n) is 2.67. The van der Waals surface area contributed by atoms with Crippen LogP contribution < -0.4 is 5.32 Å². The number of anilines is 1. The molecule has 1 N–H and O–H groups in total. The van der Waals surface area contributed by atoms with Crippen molar-refractivity contribution in [3.8, 4) is 0 Å². The standard InChI is InChI=1S/C15H25N5O/c1-10(2)13(11(3)4)7-16-14-6-12(8-21-5)19-15-17-9-18-20(14)15/h6,9-11,13,16H,7-8H2,1-5H3. The molecule has 116 valence electrons. The minimum Gasteiger partial charge on any atom is -0.378 e. The van der Waals surface area contributed by atoms with Crippen LogP contribution in [0.2, 0.25) is 0 Å². The van der Waals surface area contributed by atoms with Crippen LogP contribution in [0.5, 0.6) is 0 Å². The largest absolute Gasteiger partial charge is 0.378 e. The van der Waals surface area contributed by atoms with Gasteiger partial charge in [0.25, 0.3) is 5.78 Å².